The summed E-state index contributed by atoms with van der Waals surface area (Å²) in [4.78, 5) is 27.3. The predicted molar refractivity (Wildman–Crippen MR) is 91.2 cm³/mol. The van der Waals surface area contributed by atoms with E-state index in [0.717, 1.165) is 0 Å². The van der Waals surface area contributed by atoms with Gasteiger partial charge in [0.25, 0.3) is 5.91 Å². The molecule has 9 heteroatoms. The predicted octanol–water partition coefficient (Wildman–Crippen LogP) is 1.82. The summed E-state index contributed by atoms with van der Waals surface area (Å²) in [5.41, 5.74) is 6.08. The molecule has 138 valence electrons. The Labute approximate surface area is 153 Å². The summed E-state index contributed by atoms with van der Waals surface area (Å²) in [5, 5.41) is 6.20. The lowest BCUT2D eigenvalue weighted by atomic mass is 10.2. The lowest BCUT2D eigenvalue weighted by Crippen LogP contribution is -2.23. The van der Waals surface area contributed by atoms with Gasteiger partial charge in [-0.25, -0.2) is 4.39 Å². The molecule has 0 radical (unpaired) electrons. The third-order valence-electron chi connectivity index (χ3n) is 3.51. The average Bonchev–Trinajstić information content (AvgIpc) is 3.14. The van der Waals surface area contributed by atoms with Gasteiger partial charge in [0.05, 0.1) is 5.56 Å². The average molecular weight is 370 g/mol. The SMILES string of the molecule is NC(=O)c1ccccc1OCc1noc(C(=O)NCc2cccc(F)c2)n1. The maximum Gasteiger partial charge on any atom is 0.316 e. The summed E-state index contributed by atoms with van der Waals surface area (Å²) in [6.07, 6.45) is 0. The van der Waals surface area contributed by atoms with E-state index in [2.05, 4.69) is 15.5 Å². The molecule has 3 aromatic rings. The summed E-state index contributed by atoms with van der Waals surface area (Å²) in [6.45, 7) is -0.0121. The molecule has 0 aliphatic rings. The van der Waals surface area contributed by atoms with Crippen LogP contribution in [0.5, 0.6) is 5.75 Å². The van der Waals surface area contributed by atoms with E-state index in [0.29, 0.717) is 5.56 Å². The van der Waals surface area contributed by atoms with Crippen molar-refractivity contribution in [2.75, 3.05) is 0 Å². The van der Waals surface area contributed by atoms with Crippen molar-refractivity contribution in [3.63, 3.8) is 0 Å². The Kier molecular flexibility index (Phi) is 5.41. The molecule has 1 heterocycles. The largest absolute Gasteiger partial charge is 0.485 e. The summed E-state index contributed by atoms with van der Waals surface area (Å²) in [7, 11) is 0. The number of rotatable bonds is 7. The molecule has 27 heavy (non-hydrogen) atoms. The highest BCUT2D eigenvalue weighted by Crippen LogP contribution is 2.18. The Morgan fingerprint density at radius 3 is 2.78 bits per heavy atom. The number of amides is 2. The first-order valence-corrected chi connectivity index (χ1v) is 7.90. The number of hydrogen-bond acceptors (Lipinski definition) is 6. The Hall–Kier alpha value is -3.75. The first kappa shape index (κ1) is 18.1. The van der Waals surface area contributed by atoms with Crippen LogP contribution in [0.1, 0.15) is 32.4 Å². The van der Waals surface area contributed by atoms with Crippen molar-refractivity contribution < 1.29 is 23.2 Å². The molecule has 0 aliphatic carbocycles. The van der Waals surface area contributed by atoms with Crippen LogP contribution in [0.15, 0.2) is 53.1 Å². The molecule has 0 atom stereocenters. The number of primary amides is 1. The van der Waals surface area contributed by atoms with E-state index in [9.17, 15) is 14.0 Å². The molecule has 1 aromatic heterocycles. The molecule has 0 saturated heterocycles. The maximum absolute atomic E-state index is 13.1. The topological polar surface area (TPSA) is 120 Å². The molecule has 2 aromatic carbocycles. The molecule has 0 saturated carbocycles. The van der Waals surface area contributed by atoms with E-state index in [4.69, 9.17) is 15.0 Å². The second-order valence-corrected chi connectivity index (χ2v) is 5.48. The number of ether oxygens (including phenoxy) is 1. The monoisotopic (exact) mass is 370 g/mol. The van der Waals surface area contributed by atoms with Gasteiger partial charge in [-0.3, -0.25) is 9.59 Å². The van der Waals surface area contributed by atoms with Gasteiger partial charge < -0.3 is 20.3 Å². The minimum absolute atomic E-state index is 0.108. The second kappa shape index (κ2) is 8.09. The van der Waals surface area contributed by atoms with Gasteiger partial charge >= 0.3 is 11.8 Å². The third-order valence-corrected chi connectivity index (χ3v) is 3.51. The minimum Gasteiger partial charge on any atom is -0.485 e. The zero-order chi connectivity index (χ0) is 19.2. The van der Waals surface area contributed by atoms with Crippen LogP contribution in [0.2, 0.25) is 0 Å². The highest BCUT2D eigenvalue weighted by Gasteiger charge is 2.16. The highest BCUT2D eigenvalue weighted by atomic mass is 19.1. The number of nitrogens with zero attached hydrogens (tertiary/aromatic N) is 2. The lowest BCUT2D eigenvalue weighted by Gasteiger charge is -2.06. The van der Waals surface area contributed by atoms with Crippen LogP contribution in [0, 0.1) is 5.82 Å². The summed E-state index contributed by atoms with van der Waals surface area (Å²) < 4.78 is 23.5. The fraction of sp³-hybridized carbons (Fsp3) is 0.111. The van der Waals surface area contributed by atoms with E-state index in [1.807, 2.05) is 0 Å². The van der Waals surface area contributed by atoms with Gasteiger partial charge in [-0.2, -0.15) is 4.98 Å². The molecular formula is C18H15FN4O4. The quantitative estimate of drug-likeness (QED) is 0.654. The van der Waals surface area contributed by atoms with Crippen molar-refractivity contribution in [1.82, 2.24) is 15.5 Å². The normalized spacial score (nSPS) is 10.4. The minimum atomic E-state index is -0.629. The Balaban J connectivity index is 1.58. The second-order valence-electron chi connectivity index (χ2n) is 5.48. The van der Waals surface area contributed by atoms with Crippen molar-refractivity contribution in [2.45, 2.75) is 13.2 Å². The van der Waals surface area contributed by atoms with Crippen molar-refractivity contribution in [3.8, 4) is 5.75 Å². The van der Waals surface area contributed by atoms with Crippen molar-refractivity contribution in [2.24, 2.45) is 5.73 Å². The van der Waals surface area contributed by atoms with Crippen LogP contribution in [0.3, 0.4) is 0 Å². The molecule has 0 bridgehead atoms. The summed E-state index contributed by atoms with van der Waals surface area (Å²) >= 11 is 0. The molecule has 2 amide bonds. The van der Waals surface area contributed by atoms with Crippen LogP contribution in [-0.4, -0.2) is 22.0 Å². The molecule has 3 rings (SSSR count). The van der Waals surface area contributed by atoms with Crippen LogP contribution < -0.4 is 15.8 Å². The van der Waals surface area contributed by atoms with Crippen molar-refractivity contribution in [3.05, 3.63) is 77.2 Å². The smallest absolute Gasteiger partial charge is 0.316 e. The van der Waals surface area contributed by atoms with Gasteiger partial charge in [0, 0.05) is 6.54 Å². The van der Waals surface area contributed by atoms with Gasteiger partial charge in [-0.15, -0.1) is 0 Å². The Bertz CT molecular complexity index is 973. The fourth-order valence-electron chi connectivity index (χ4n) is 2.25. The van der Waals surface area contributed by atoms with Gasteiger partial charge in [0.1, 0.15) is 11.6 Å². The van der Waals surface area contributed by atoms with Crippen molar-refractivity contribution in [1.29, 1.82) is 0 Å². The number of nitrogens with one attached hydrogen (secondary N) is 1. The van der Waals surface area contributed by atoms with E-state index >= 15 is 0 Å². The van der Waals surface area contributed by atoms with Crippen LogP contribution >= 0.6 is 0 Å². The zero-order valence-electron chi connectivity index (χ0n) is 14.0. The number of para-hydroxylation sites is 1. The van der Waals surface area contributed by atoms with Gasteiger partial charge in [0.2, 0.25) is 5.82 Å². The number of benzene rings is 2. The molecule has 8 nitrogen and oxygen atoms in total. The van der Waals surface area contributed by atoms with E-state index in [-0.39, 0.29) is 36.2 Å². The molecule has 0 fully saturated rings. The zero-order valence-corrected chi connectivity index (χ0v) is 14.0. The molecule has 0 unspecified atom stereocenters. The summed E-state index contributed by atoms with van der Waals surface area (Å²) in [6, 6.07) is 12.3. The third kappa shape index (κ3) is 4.66. The Morgan fingerprint density at radius 1 is 1.19 bits per heavy atom. The number of nitrogens with two attached hydrogens (primary N) is 1. The highest BCUT2D eigenvalue weighted by molar-refractivity contribution is 5.95. The number of carbonyl (C=O) groups is 2. The number of carbonyl (C=O) groups excluding carboxylic acids is 2. The molecule has 0 aliphatic heterocycles. The standard InChI is InChI=1S/C18H15FN4O4/c19-12-5-3-4-11(8-12)9-21-17(25)18-22-15(23-27-18)10-26-14-7-2-1-6-13(14)16(20)24/h1-8H,9-10H2,(H2,20,24)(H,21,25). The number of aromatic nitrogens is 2. The lowest BCUT2D eigenvalue weighted by molar-refractivity contribution is 0.0906. The van der Waals surface area contributed by atoms with Crippen LogP contribution in [-0.2, 0) is 13.2 Å². The first-order chi connectivity index (χ1) is 13.0. The number of hydrogen-bond donors (Lipinski definition) is 2. The van der Waals surface area contributed by atoms with E-state index < -0.39 is 17.6 Å². The summed E-state index contributed by atoms with van der Waals surface area (Å²) in [5.74, 6) is -1.49. The molecular weight excluding hydrogens is 355 g/mol. The van der Waals surface area contributed by atoms with Crippen LogP contribution in [0.25, 0.3) is 0 Å². The molecule has 3 N–H and O–H groups in total. The van der Waals surface area contributed by atoms with E-state index in [1.165, 1.54) is 18.2 Å². The van der Waals surface area contributed by atoms with Gasteiger partial charge in [-0.1, -0.05) is 29.4 Å². The van der Waals surface area contributed by atoms with Crippen molar-refractivity contribution >= 4 is 11.8 Å². The van der Waals surface area contributed by atoms with E-state index in [1.54, 1.807) is 30.3 Å². The van der Waals surface area contributed by atoms with Crippen LogP contribution in [0.4, 0.5) is 4.39 Å². The molecule has 0 spiro atoms. The Morgan fingerprint density at radius 2 is 2.00 bits per heavy atom. The fourth-order valence-corrected chi connectivity index (χ4v) is 2.25. The van der Waals surface area contributed by atoms with Gasteiger partial charge in [0.15, 0.2) is 6.61 Å². The van der Waals surface area contributed by atoms with Gasteiger partial charge in [-0.05, 0) is 29.8 Å². The first-order valence-electron chi connectivity index (χ1n) is 7.90. The maximum atomic E-state index is 13.1. The number of halogens is 1.